The third-order valence-corrected chi connectivity index (χ3v) is 2.68. The van der Waals surface area contributed by atoms with Crippen LogP contribution in [-0.4, -0.2) is 51.2 Å². The smallest absolute Gasteiger partial charge is 0.323 e. The average Bonchev–Trinajstić information content (AvgIpc) is 2.80. The Morgan fingerprint density at radius 3 is 2.81 bits per heavy atom. The predicted molar refractivity (Wildman–Crippen MR) is 72.1 cm³/mol. The van der Waals surface area contributed by atoms with E-state index in [4.69, 9.17) is 5.11 Å². The summed E-state index contributed by atoms with van der Waals surface area (Å²) in [7, 11) is 0. The number of carboxylic acid groups (broad SMARTS) is 1. The fourth-order valence-corrected chi connectivity index (χ4v) is 1.77. The van der Waals surface area contributed by atoms with Crippen molar-refractivity contribution in [3.8, 4) is 0 Å². The van der Waals surface area contributed by atoms with Crippen molar-refractivity contribution in [2.75, 3.05) is 13.3 Å². The molecule has 0 unspecified atom stereocenters. The van der Waals surface area contributed by atoms with Crippen molar-refractivity contribution in [1.29, 1.82) is 0 Å². The van der Waals surface area contributed by atoms with Crippen LogP contribution in [0, 0.1) is 5.92 Å². The molecule has 0 aliphatic rings. The molecule has 0 saturated heterocycles. The molecular weight excluding hydrogens is 278 g/mol. The molecule has 1 amide bonds. The fourth-order valence-electron chi connectivity index (χ4n) is 1.77. The summed E-state index contributed by atoms with van der Waals surface area (Å²) in [6, 6.07) is 0. The number of ether oxygens (including phenoxy) is 1. The summed E-state index contributed by atoms with van der Waals surface area (Å²) in [5, 5.41) is 8.77. The molecular formula is C13H19N3O5. The van der Waals surface area contributed by atoms with Crippen LogP contribution >= 0.6 is 0 Å². The number of hydrogen-bond donors (Lipinski definition) is 1. The number of amides is 1. The average molecular weight is 297 g/mol. The lowest BCUT2D eigenvalue weighted by molar-refractivity contribution is -0.152. The van der Waals surface area contributed by atoms with Crippen LogP contribution in [0.4, 0.5) is 0 Å². The van der Waals surface area contributed by atoms with Crippen LogP contribution in [0.1, 0.15) is 19.7 Å². The van der Waals surface area contributed by atoms with Gasteiger partial charge < -0.3 is 14.4 Å². The second kappa shape index (κ2) is 8.03. The minimum Gasteiger partial charge on any atom is -0.480 e. The van der Waals surface area contributed by atoms with Crippen molar-refractivity contribution in [2.45, 2.75) is 26.8 Å². The highest BCUT2D eigenvalue weighted by Crippen LogP contribution is 2.07. The molecule has 116 valence electrons. The lowest BCUT2D eigenvalue weighted by atomic mass is 10.1. The summed E-state index contributed by atoms with van der Waals surface area (Å²) in [5.74, 6) is -0.493. The Labute approximate surface area is 122 Å². The fraction of sp³-hybridized carbons (Fsp3) is 0.538. The van der Waals surface area contributed by atoms with Gasteiger partial charge in [0.2, 0.25) is 5.91 Å². The molecule has 0 saturated carbocycles. The molecule has 0 aromatic carbocycles. The van der Waals surface area contributed by atoms with Crippen molar-refractivity contribution in [3.05, 3.63) is 18.2 Å². The van der Waals surface area contributed by atoms with Crippen LogP contribution in [0.25, 0.3) is 0 Å². The molecule has 21 heavy (non-hydrogen) atoms. The van der Waals surface area contributed by atoms with Gasteiger partial charge in [-0.05, 0) is 5.92 Å². The van der Waals surface area contributed by atoms with E-state index in [1.807, 2.05) is 13.8 Å². The molecule has 8 nitrogen and oxygen atoms in total. The van der Waals surface area contributed by atoms with Crippen LogP contribution in [0.5, 0.6) is 0 Å². The number of aliphatic carboxylic acids is 1. The van der Waals surface area contributed by atoms with Crippen molar-refractivity contribution >= 4 is 18.3 Å². The Kier molecular flexibility index (Phi) is 6.38. The Balaban J connectivity index is 2.73. The normalized spacial score (nSPS) is 10.4. The molecule has 0 spiro atoms. The van der Waals surface area contributed by atoms with Gasteiger partial charge in [-0.15, -0.1) is 0 Å². The quantitative estimate of drug-likeness (QED) is 0.513. The zero-order valence-corrected chi connectivity index (χ0v) is 12.1. The van der Waals surface area contributed by atoms with Gasteiger partial charge in [-0.2, -0.15) is 0 Å². The Bertz CT molecular complexity index is 498. The summed E-state index contributed by atoms with van der Waals surface area (Å²) in [6.45, 7) is 3.29. The lowest BCUT2D eigenvalue weighted by Gasteiger charge is -2.20. The first-order valence-corrected chi connectivity index (χ1v) is 6.48. The molecule has 1 rings (SSSR count). The van der Waals surface area contributed by atoms with Crippen LogP contribution in [-0.2, 0) is 32.1 Å². The summed E-state index contributed by atoms with van der Waals surface area (Å²) in [4.78, 5) is 38.2. The molecule has 1 aromatic rings. The van der Waals surface area contributed by atoms with Gasteiger partial charge in [-0.25, -0.2) is 4.98 Å². The maximum atomic E-state index is 12.1. The minimum absolute atomic E-state index is 0.0441. The van der Waals surface area contributed by atoms with E-state index >= 15 is 0 Å². The van der Waals surface area contributed by atoms with Crippen LogP contribution in [0.3, 0.4) is 0 Å². The number of carboxylic acids is 1. The molecule has 1 N–H and O–H groups in total. The van der Waals surface area contributed by atoms with Crippen molar-refractivity contribution in [1.82, 2.24) is 14.5 Å². The van der Waals surface area contributed by atoms with E-state index in [-0.39, 0.29) is 19.7 Å². The van der Waals surface area contributed by atoms with E-state index in [2.05, 4.69) is 9.72 Å². The number of carbonyl (C=O) groups excluding carboxylic acids is 2. The molecule has 0 aliphatic heterocycles. The van der Waals surface area contributed by atoms with Gasteiger partial charge in [-0.1, -0.05) is 13.8 Å². The van der Waals surface area contributed by atoms with Crippen molar-refractivity contribution in [3.63, 3.8) is 0 Å². The third-order valence-electron chi connectivity index (χ3n) is 2.68. The minimum atomic E-state index is -1.18. The van der Waals surface area contributed by atoms with E-state index < -0.39 is 18.4 Å². The number of rotatable bonds is 9. The largest absolute Gasteiger partial charge is 0.480 e. The third kappa shape index (κ3) is 5.64. The van der Waals surface area contributed by atoms with Gasteiger partial charge in [0.15, 0.2) is 6.73 Å². The first kappa shape index (κ1) is 16.7. The number of aromatic nitrogens is 2. The highest BCUT2D eigenvalue weighted by Gasteiger charge is 2.18. The van der Waals surface area contributed by atoms with Crippen LogP contribution in [0.15, 0.2) is 12.4 Å². The monoisotopic (exact) mass is 297 g/mol. The van der Waals surface area contributed by atoms with E-state index in [0.717, 1.165) is 10.7 Å². The predicted octanol–water partition coefficient (Wildman–Crippen LogP) is 0.125. The standard InChI is InChI=1S/C13H19N3O5/c1-10(2)5-11-14-3-4-15(11)6-12(18)16(7-13(19)20)8-21-9-17/h3-4,9-10H,5-8H2,1-2H3,(H,19,20). The molecule has 1 heterocycles. The molecule has 1 aromatic heterocycles. The van der Waals surface area contributed by atoms with Gasteiger partial charge in [0.1, 0.15) is 18.9 Å². The zero-order chi connectivity index (χ0) is 15.8. The summed E-state index contributed by atoms with van der Waals surface area (Å²) < 4.78 is 6.13. The molecule has 0 atom stereocenters. The summed E-state index contributed by atoms with van der Waals surface area (Å²) >= 11 is 0. The Morgan fingerprint density at radius 1 is 1.52 bits per heavy atom. The van der Waals surface area contributed by atoms with Crippen LogP contribution < -0.4 is 0 Å². The number of nitrogens with zero attached hydrogens (tertiary/aromatic N) is 3. The maximum Gasteiger partial charge on any atom is 0.323 e. The SMILES string of the molecule is CC(C)Cc1nccn1CC(=O)N(COC=O)CC(=O)O. The van der Waals surface area contributed by atoms with E-state index in [0.29, 0.717) is 12.3 Å². The molecule has 0 bridgehead atoms. The zero-order valence-electron chi connectivity index (χ0n) is 12.1. The molecule has 0 radical (unpaired) electrons. The second-order valence-corrected chi connectivity index (χ2v) is 4.95. The highest BCUT2D eigenvalue weighted by atomic mass is 16.5. The van der Waals surface area contributed by atoms with Gasteiger partial charge in [0, 0.05) is 18.8 Å². The lowest BCUT2D eigenvalue weighted by Crippen LogP contribution is -2.39. The first-order chi connectivity index (χ1) is 9.93. The van der Waals surface area contributed by atoms with Crippen molar-refractivity contribution in [2.24, 2.45) is 5.92 Å². The van der Waals surface area contributed by atoms with Crippen LogP contribution in [0.2, 0.25) is 0 Å². The van der Waals surface area contributed by atoms with Gasteiger partial charge in [0.05, 0.1) is 0 Å². The number of hydrogen-bond acceptors (Lipinski definition) is 5. The second-order valence-electron chi connectivity index (χ2n) is 4.95. The molecule has 0 aliphatic carbocycles. The number of imidazole rings is 1. The topological polar surface area (TPSA) is 102 Å². The summed E-state index contributed by atoms with van der Waals surface area (Å²) in [6.07, 6.45) is 3.97. The van der Waals surface area contributed by atoms with Gasteiger partial charge in [-0.3, -0.25) is 19.3 Å². The maximum absolute atomic E-state index is 12.1. The van der Waals surface area contributed by atoms with Gasteiger partial charge in [0.25, 0.3) is 6.47 Å². The van der Waals surface area contributed by atoms with E-state index in [9.17, 15) is 14.4 Å². The Morgan fingerprint density at radius 2 is 2.24 bits per heavy atom. The molecule has 8 heteroatoms. The summed E-state index contributed by atoms with van der Waals surface area (Å²) in [5.41, 5.74) is 0. The van der Waals surface area contributed by atoms with E-state index in [1.165, 1.54) is 0 Å². The highest BCUT2D eigenvalue weighted by molar-refractivity contribution is 5.81. The number of carbonyl (C=O) groups is 3. The first-order valence-electron chi connectivity index (χ1n) is 6.48. The molecule has 0 fully saturated rings. The van der Waals surface area contributed by atoms with Gasteiger partial charge >= 0.3 is 5.97 Å². The van der Waals surface area contributed by atoms with E-state index in [1.54, 1.807) is 17.0 Å². The Hall–Kier alpha value is -2.38. The van der Waals surface area contributed by atoms with Crippen molar-refractivity contribution < 1.29 is 24.2 Å².